The molecule has 0 aromatic carbocycles. The second-order valence-electron chi connectivity index (χ2n) is 6.93. The molecule has 0 aromatic heterocycles. The summed E-state index contributed by atoms with van der Waals surface area (Å²) in [6.07, 6.45) is 4.29. The summed E-state index contributed by atoms with van der Waals surface area (Å²) in [6, 6.07) is 0. The molecule has 0 spiro atoms. The molecule has 22 heavy (non-hydrogen) atoms. The number of carbonyl (C=O) groups is 1. The normalized spacial score (nSPS) is 40.0. The number of aliphatic hydroxyl groups excluding tert-OH is 1. The molecule has 0 heterocycles. The molecule has 2 atom stereocenters. The lowest BCUT2D eigenvalue weighted by Crippen LogP contribution is -2.59. The molecule has 4 aliphatic rings. The van der Waals surface area contributed by atoms with E-state index >= 15 is 0 Å². The second-order valence-corrected chi connectivity index (χ2v) is 7.75. The fourth-order valence-corrected chi connectivity index (χ4v) is 5.24. The minimum absolute atomic E-state index is 0.00803. The maximum Gasteiger partial charge on any atom is 0.415 e. The van der Waals surface area contributed by atoms with Gasteiger partial charge in [-0.25, -0.2) is 10.1 Å². The van der Waals surface area contributed by atoms with Gasteiger partial charge in [-0.15, -0.1) is 4.33 Å². The highest BCUT2D eigenvalue weighted by molar-refractivity contribution is 7.96. The molecule has 0 aliphatic heterocycles. The lowest BCUT2D eigenvalue weighted by Gasteiger charge is -2.60. The van der Waals surface area contributed by atoms with Gasteiger partial charge in [0.2, 0.25) is 0 Å². The van der Waals surface area contributed by atoms with E-state index in [1.807, 2.05) is 0 Å². The van der Waals surface area contributed by atoms with Gasteiger partial charge in [-0.1, -0.05) is 5.04 Å². The Kier molecular flexibility index (Phi) is 4.14. The monoisotopic (exact) mass is 340 g/mol. The SMILES string of the molecule is O=C(OC12CC3CC(CC(CO)(C3)C1)C2)C(F)(F)SOOO. The third-order valence-corrected chi connectivity index (χ3v) is 5.68. The summed E-state index contributed by atoms with van der Waals surface area (Å²) in [5.74, 6) is -1.09. The first-order valence-electron chi connectivity index (χ1n) is 7.20. The van der Waals surface area contributed by atoms with Crippen molar-refractivity contribution in [2.24, 2.45) is 17.3 Å². The first-order chi connectivity index (χ1) is 10.3. The zero-order valence-corrected chi connectivity index (χ0v) is 12.6. The van der Waals surface area contributed by atoms with Gasteiger partial charge in [0, 0.05) is 6.61 Å². The summed E-state index contributed by atoms with van der Waals surface area (Å²) >= 11 is -0.609. The molecule has 4 saturated carbocycles. The maximum absolute atomic E-state index is 13.6. The number of hydrogen-bond acceptors (Lipinski definition) is 7. The van der Waals surface area contributed by atoms with Crippen LogP contribution in [0.25, 0.3) is 0 Å². The molecule has 0 aromatic rings. The van der Waals surface area contributed by atoms with Crippen LogP contribution in [0, 0.1) is 17.3 Å². The number of ether oxygens (including phenoxy) is 1. The van der Waals surface area contributed by atoms with Crippen LogP contribution in [0.4, 0.5) is 8.78 Å². The van der Waals surface area contributed by atoms with Gasteiger partial charge < -0.3 is 9.84 Å². The molecule has 4 rings (SSSR count). The number of hydrogen-bond donors (Lipinski definition) is 2. The van der Waals surface area contributed by atoms with E-state index < -0.39 is 28.9 Å². The predicted molar refractivity (Wildman–Crippen MR) is 70.4 cm³/mol. The summed E-state index contributed by atoms with van der Waals surface area (Å²) < 4.78 is 36.0. The highest BCUT2D eigenvalue weighted by Gasteiger charge is 2.61. The van der Waals surface area contributed by atoms with E-state index in [0.717, 1.165) is 19.3 Å². The van der Waals surface area contributed by atoms with Crippen molar-refractivity contribution >= 4 is 18.0 Å². The van der Waals surface area contributed by atoms with Crippen LogP contribution in [-0.4, -0.2) is 33.8 Å². The standard InChI is InChI=1S/C13H18F2O6S/c14-13(15,22-21-20-18)10(17)19-12-4-8-1-9(5-12)3-11(2-8,6-12)7-16/h8-9,16,18H,1-7H2. The van der Waals surface area contributed by atoms with Crippen molar-refractivity contribution in [2.75, 3.05) is 6.61 Å². The molecule has 2 N–H and O–H groups in total. The molecule has 4 bridgehead atoms. The zero-order chi connectivity index (χ0) is 16.0. The van der Waals surface area contributed by atoms with Crippen LogP contribution in [0.3, 0.4) is 0 Å². The van der Waals surface area contributed by atoms with Gasteiger partial charge in [-0.05, 0) is 55.8 Å². The van der Waals surface area contributed by atoms with Gasteiger partial charge in [0.1, 0.15) is 17.6 Å². The Morgan fingerprint density at radius 1 is 1.27 bits per heavy atom. The first kappa shape index (κ1) is 16.4. The molecular formula is C13H18F2O6S. The lowest BCUT2D eigenvalue weighted by molar-refractivity contribution is -0.433. The molecule has 4 aliphatic carbocycles. The van der Waals surface area contributed by atoms with E-state index in [9.17, 15) is 18.7 Å². The van der Waals surface area contributed by atoms with Crippen LogP contribution >= 0.6 is 12.0 Å². The third kappa shape index (κ3) is 2.84. The van der Waals surface area contributed by atoms with Crippen molar-refractivity contribution in [1.29, 1.82) is 0 Å². The van der Waals surface area contributed by atoms with Crippen molar-refractivity contribution in [3.05, 3.63) is 0 Å². The number of esters is 1. The smallest absolute Gasteiger partial charge is 0.415 e. The highest BCUT2D eigenvalue weighted by atomic mass is 32.2. The predicted octanol–water partition coefficient (Wildman–Crippen LogP) is 2.52. The summed E-state index contributed by atoms with van der Waals surface area (Å²) in [7, 11) is 0. The Hall–Kier alpha value is -0.480. The average Bonchev–Trinajstić information content (AvgIpc) is 2.43. The Balaban J connectivity index is 1.73. The Labute approximate surface area is 130 Å². The van der Waals surface area contributed by atoms with Crippen LogP contribution in [-0.2, 0) is 18.9 Å². The van der Waals surface area contributed by atoms with Crippen molar-refractivity contribution in [3.8, 4) is 0 Å². The fourth-order valence-electron chi connectivity index (χ4n) is 5.02. The summed E-state index contributed by atoms with van der Waals surface area (Å²) in [6.45, 7) is -0.00803. The van der Waals surface area contributed by atoms with E-state index in [4.69, 9.17) is 9.99 Å². The number of halogens is 2. The number of carbonyl (C=O) groups excluding carboxylic acids is 1. The van der Waals surface area contributed by atoms with E-state index in [1.54, 1.807) is 0 Å². The zero-order valence-electron chi connectivity index (χ0n) is 11.8. The minimum Gasteiger partial charge on any atom is -0.454 e. The molecule has 9 heteroatoms. The molecule has 6 nitrogen and oxygen atoms in total. The topological polar surface area (TPSA) is 85.2 Å². The van der Waals surface area contributed by atoms with Crippen molar-refractivity contribution < 1.29 is 38.0 Å². The maximum atomic E-state index is 13.6. The third-order valence-electron chi connectivity index (χ3n) is 5.18. The van der Waals surface area contributed by atoms with Gasteiger partial charge in [0.05, 0.1) is 0 Å². The van der Waals surface area contributed by atoms with E-state index in [2.05, 4.69) is 9.37 Å². The summed E-state index contributed by atoms with van der Waals surface area (Å²) in [4.78, 5) is 11.8. The quantitative estimate of drug-likeness (QED) is 0.333. The van der Waals surface area contributed by atoms with Crippen LogP contribution in [0.2, 0.25) is 0 Å². The van der Waals surface area contributed by atoms with Gasteiger partial charge in [-0.2, -0.15) is 8.78 Å². The lowest BCUT2D eigenvalue weighted by atomic mass is 9.48. The van der Waals surface area contributed by atoms with Gasteiger partial charge >= 0.3 is 11.2 Å². The molecule has 0 radical (unpaired) electrons. The van der Waals surface area contributed by atoms with Gasteiger partial charge in [0.15, 0.2) is 0 Å². The van der Waals surface area contributed by atoms with Crippen LogP contribution in [0.5, 0.6) is 0 Å². The van der Waals surface area contributed by atoms with Crippen LogP contribution < -0.4 is 0 Å². The Morgan fingerprint density at radius 2 is 1.91 bits per heavy atom. The number of aliphatic hydroxyl groups is 1. The Morgan fingerprint density at radius 3 is 2.45 bits per heavy atom. The van der Waals surface area contributed by atoms with Crippen molar-refractivity contribution in [1.82, 2.24) is 0 Å². The number of alkyl halides is 2. The molecule has 4 fully saturated rings. The molecule has 0 amide bonds. The minimum atomic E-state index is -3.97. The fraction of sp³-hybridized carbons (Fsp3) is 0.923. The van der Waals surface area contributed by atoms with E-state index in [1.165, 1.54) is 0 Å². The largest absolute Gasteiger partial charge is 0.454 e. The van der Waals surface area contributed by atoms with Gasteiger partial charge in [0.25, 0.3) is 0 Å². The first-order valence-corrected chi connectivity index (χ1v) is 7.94. The second kappa shape index (κ2) is 5.55. The highest BCUT2D eigenvalue weighted by Crippen LogP contribution is 2.62. The van der Waals surface area contributed by atoms with Crippen LogP contribution in [0.1, 0.15) is 38.5 Å². The number of rotatable bonds is 6. The summed E-state index contributed by atoms with van der Waals surface area (Å²) in [5.41, 5.74) is -1.23. The van der Waals surface area contributed by atoms with Gasteiger partial charge in [-0.3, -0.25) is 0 Å². The molecular weight excluding hydrogens is 322 g/mol. The van der Waals surface area contributed by atoms with E-state index in [-0.39, 0.29) is 12.0 Å². The van der Waals surface area contributed by atoms with E-state index in [0.29, 0.717) is 31.1 Å². The molecule has 126 valence electrons. The van der Waals surface area contributed by atoms with Crippen molar-refractivity contribution in [3.63, 3.8) is 0 Å². The molecule has 0 saturated heterocycles. The molecule has 2 unspecified atom stereocenters. The summed E-state index contributed by atoms with van der Waals surface area (Å²) in [5, 5.41) is 16.7. The Bertz CT molecular complexity index is 446. The van der Waals surface area contributed by atoms with Crippen LogP contribution in [0.15, 0.2) is 0 Å². The van der Waals surface area contributed by atoms with Crippen molar-refractivity contribution in [2.45, 2.75) is 49.4 Å². The average molecular weight is 340 g/mol.